The molecule has 0 saturated heterocycles. The van der Waals surface area contributed by atoms with Crippen LogP contribution >= 0.6 is 11.6 Å². The fourth-order valence-electron chi connectivity index (χ4n) is 0.896. The van der Waals surface area contributed by atoms with Crippen LogP contribution in [0.5, 0.6) is 0 Å². The van der Waals surface area contributed by atoms with Gasteiger partial charge in [-0.2, -0.15) is 0 Å². The van der Waals surface area contributed by atoms with E-state index in [-0.39, 0.29) is 16.3 Å². The molecule has 14 heavy (non-hydrogen) atoms. The average Bonchev–Trinajstić information content (AvgIpc) is 2.09. The third-order valence-electron chi connectivity index (χ3n) is 1.61. The Morgan fingerprint density at radius 2 is 2.29 bits per heavy atom. The number of rotatable bonds is 2. The van der Waals surface area contributed by atoms with Crippen LogP contribution in [-0.4, -0.2) is 4.92 Å². The third kappa shape index (κ3) is 2.53. The predicted molar refractivity (Wildman–Crippen MR) is 52.1 cm³/mol. The molecule has 5 heteroatoms. The second-order valence-electron chi connectivity index (χ2n) is 2.71. The summed E-state index contributed by atoms with van der Waals surface area (Å²) in [6.07, 6.45) is 1.16. The molecule has 0 aliphatic heterocycles. The Hall–Kier alpha value is -1.42. The Morgan fingerprint density at radius 3 is 2.79 bits per heavy atom. The van der Waals surface area contributed by atoms with Crippen molar-refractivity contribution in [1.29, 1.82) is 0 Å². The maximum absolute atomic E-state index is 13.1. The molecule has 0 bridgehead atoms. The van der Waals surface area contributed by atoms with E-state index in [1.807, 2.05) is 0 Å². The minimum Gasteiger partial charge on any atom is -0.259 e. The van der Waals surface area contributed by atoms with Crippen molar-refractivity contribution in [3.05, 3.63) is 50.4 Å². The van der Waals surface area contributed by atoms with Crippen molar-refractivity contribution in [2.45, 2.75) is 6.92 Å². The molecule has 1 rings (SSSR count). The lowest BCUT2D eigenvalue weighted by atomic mass is 10.2. The Balaban J connectivity index is 3.09. The first-order valence-electron chi connectivity index (χ1n) is 3.78. The van der Waals surface area contributed by atoms with Gasteiger partial charge in [-0.15, -0.1) is 0 Å². The summed E-state index contributed by atoms with van der Waals surface area (Å²) < 4.78 is 13.1. The summed E-state index contributed by atoms with van der Waals surface area (Å²) in [4.78, 5) is 9.70. The summed E-state index contributed by atoms with van der Waals surface area (Å²) in [5.74, 6) is -0.571. The van der Waals surface area contributed by atoms with Crippen LogP contribution in [0.25, 0.3) is 6.08 Å². The molecule has 0 amide bonds. The van der Waals surface area contributed by atoms with E-state index in [0.29, 0.717) is 0 Å². The highest BCUT2D eigenvalue weighted by Crippen LogP contribution is 2.17. The number of halogens is 2. The number of nitro groups is 1. The topological polar surface area (TPSA) is 43.1 Å². The monoisotopic (exact) mass is 215 g/mol. The van der Waals surface area contributed by atoms with Crippen LogP contribution in [0.1, 0.15) is 12.5 Å². The molecule has 1 aromatic carbocycles. The van der Waals surface area contributed by atoms with E-state index in [9.17, 15) is 14.5 Å². The minimum absolute atomic E-state index is 0.119. The largest absolute Gasteiger partial charge is 0.259 e. The zero-order valence-electron chi connectivity index (χ0n) is 7.33. The lowest BCUT2D eigenvalue weighted by Gasteiger charge is -1.96. The van der Waals surface area contributed by atoms with Crippen molar-refractivity contribution >= 4 is 17.7 Å². The smallest absolute Gasteiger partial charge is 0.243 e. The molecule has 1 aromatic rings. The van der Waals surface area contributed by atoms with Crippen LogP contribution in [0.3, 0.4) is 0 Å². The van der Waals surface area contributed by atoms with Crippen molar-refractivity contribution in [3.63, 3.8) is 0 Å². The summed E-state index contributed by atoms with van der Waals surface area (Å²) in [6.45, 7) is 1.30. The molecular weight excluding hydrogens is 209 g/mol. The van der Waals surface area contributed by atoms with Gasteiger partial charge in [-0.3, -0.25) is 10.1 Å². The van der Waals surface area contributed by atoms with Crippen molar-refractivity contribution in [3.8, 4) is 0 Å². The van der Waals surface area contributed by atoms with E-state index >= 15 is 0 Å². The summed E-state index contributed by atoms with van der Waals surface area (Å²) in [7, 11) is 0. The molecule has 0 spiro atoms. The first-order chi connectivity index (χ1) is 6.50. The Morgan fingerprint density at radius 1 is 1.64 bits per heavy atom. The maximum Gasteiger partial charge on any atom is 0.243 e. The van der Waals surface area contributed by atoms with Crippen LogP contribution in [-0.2, 0) is 0 Å². The predicted octanol–water partition coefficient (Wildman–Crippen LogP) is 3.12. The molecule has 0 heterocycles. The molecular formula is C9H7ClFNO2. The van der Waals surface area contributed by atoms with E-state index in [2.05, 4.69) is 0 Å². The molecule has 0 N–H and O–H groups in total. The second kappa shape index (κ2) is 4.19. The van der Waals surface area contributed by atoms with Crippen LogP contribution in [0, 0.1) is 15.9 Å². The van der Waals surface area contributed by atoms with Gasteiger partial charge < -0.3 is 0 Å². The molecule has 0 saturated carbocycles. The summed E-state index contributed by atoms with van der Waals surface area (Å²) in [5, 5.41) is 10.5. The highest BCUT2D eigenvalue weighted by Gasteiger charge is 2.06. The number of hydrogen-bond acceptors (Lipinski definition) is 2. The van der Waals surface area contributed by atoms with Crippen LogP contribution < -0.4 is 0 Å². The van der Waals surface area contributed by atoms with E-state index in [0.717, 1.165) is 12.1 Å². The van der Waals surface area contributed by atoms with E-state index < -0.39 is 10.7 Å². The third-order valence-corrected chi connectivity index (χ3v) is 1.85. The fraction of sp³-hybridized carbons (Fsp3) is 0.111. The van der Waals surface area contributed by atoms with Gasteiger partial charge in [0.25, 0.3) is 0 Å². The highest BCUT2D eigenvalue weighted by molar-refractivity contribution is 6.30. The highest BCUT2D eigenvalue weighted by atomic mass is 35.5. The first-order valence-corrected chi connectivity index (χ1v) is 4.16. The Kier molecular flexibility index (Phi) is 3.19. The van der Waals surface area contributed by atoms with Crippen molar-refractivity contribution < 1.29 is 9.31 Å². The van der Waals surface area contributed by atoms with E-state index in [1.54, 1.807) is 0 Å². The van der Waals surface area contributed by atoms with Crippen molar-refractivity contribution in [2.75, 3.05) is 0 Å². The number of hydrogen-bond donors (Lipinski definition) is 0. The Labute approximate surface area is 85.0 Å². The number of nitrogens with zero attached hydrogens (tertiary/aromatic N) is 1. The van der Waals surface area contributed by atoms with Gasteiger partial charge in [-0.05, 0) is 12.1 Å². The van der Waals surface area contributed by atoms with Crippen LogP contribution in [0.2, 0.25) is 5.02 Å². The van der Waals surface area contributed by atoms with Gasteiger partial charge in [-0.1, -0.05) is 17.7 Å². The lowest BCUT2D eigenvalue weighted by Crippen LogP contribution is -1.94. The fourth-order valence-corrected chi connectivity index (χ4v) is 1.06. The van der Waals surface area contributed by atoms with Gasteiger partial charge in [-0.25, -0.2) is 4.39 Å². The van der Waals surface area contributed by atoms with Crippen LogP contribution in [0.4, 0.5) is 4.39 Å². The van der Waals surface area contributed by atoms with Crippen LogP contribution in [0.15, 0.2) is 23.9 Å². The summed E-state index contributed by atoms with van der Waals surface area (Å²) >= 11 is 5.52. The van der Waals surface area contributed by atoms with Gasteiger partial charge in [0.1, 0.15) is 5.82 Å². The molecule has 0 aliphatic carbocycles. The zero-order valence-corrected chi connectivity index (χ0v) is 8.08. The van der Waals surface area contributed by atoms with Crippen molar-refractivity contribution in [2.24, 2.45) is 0 Å². The quantitative estimate of drug-likeness (QED) is 0.562. The molecule has 0 aromatic heterocycles. The second-order valence-corrected chi connectivity index (χ2v) is 3.15. The summed E-state index contributed by atoms with van der Waals surface area (Å²) in [6, 6.07) is 3.98. The number of allylic oxidation sites excluding steroid dienone is 1. The van der Waals surface area contributed by atoms with Gasteiger partial charge >= 0.3 is 0 Å². The molecule has 0 unspecified atom stereocenters. The number of benzene rings is 1. The average molecular weight is 216 g/mol. The normalized spacial score (nSPS) is 11.5. The molecule has 0 atom stereocenters. The summed E-state index contributed by atoms with van der Waals surface area (Å²) in [5.41, 5.74) is 0.0369. The lowest BCUT2D eigenvalue weighted by molar-refractivity contribution is -0.422. The molecule has 0 fully saturated rings. The van der Waals surface area contributed by atoms with E-state index in [1.165, 1.54) is 19.1 Å². The van der Waals surface area contributed by atoms with E-state index in [4.69, 9.17) is 11.6 Å². The first kappa shape index (κ1) is 10.7. The van der Waals surface area contributed by atoms with Gasteiger partial charge in [0.15, 0.2) is 0 Å². The molecule has 74 valence electrons. The van der Waals surface area contributed by atoms with Gasteiger partial charge in [0.2, 0.25) is 5.70 Å². The SMILES string of the molecule is CC(=Cc1ccc(Cl)cc1F)[N+](=O)[O-]. The minimum atomic E-state index is -0.575. The van der Waals surface area contributed by atoms with Crippen molar-refractivity contribution in [1.82, 2.24) is 0 Å². The zero-order chi connectivity index (χ0) is 10.7. The van der Waals surface area contributed by atoms with Gasteiger partial charge in [0.05, 0.1) is 4.92 Å². The Bertz CT molecular complexity index is 404. The molecule has 0 aliphatic rings. The standard InChI is InChI=1S/C9H7ClFNO2/c1-6(12(13)14)4-7-2-3-8(10)5-9(7)11/h2-5H,1H3. The molecule has 0 radical (unpaired) electrons. The van der Waals surface area contributed by atoms with Gasteiger partial charge in [0, 0.05) is 23.6 Å². The maximum atomic E-state index is 13.1. The molecule has 3 nitrogen and oxygen atoms in total.